The molecule has 2 aromatic rings. The highest BCUT2D eigenvalue weighted by Gasteiger charge is 2.01. The fraction of sp³-hybridized carbons (Fsp3) is 0.278. The van der Waals surface area contributed by atoms with Gasteiger partial charge in [0.1, 0.15) is 5.82 Å². The van der Waals surface area contributed by atoms with Gasteiger partial charge in [0.25, 0.3) is 0 Å². The zero-order valence-electron chi connectivity index (χ0n) is 12.8. The molecular weight excluding hydrogens is 315 g/mol. The molecule has 0 fully saturated rings. The van der Waals surface area contributed by atoms with Crippen LogP contribution in [0.1, 0.15) is 11.1 Å². The number of hydrogen-bond acceptors (Lipinski definition) is 2. The molecule has 0 bridgehead atoms. The van der Waals surface area contributed by atoms with Gasteiger partial charge in [-0.1, -0.05) is 35.9 Å². The van der Waals surface area contributed by atoms with E-state index in [9.17, 15) is 9.18 Å². The van der Waals surface area contributed by atoms with Crippen LogP contribution in [0.15, 0.2) is 48.5 Å². The van der Waals surface area contributed by atoms with E-state index in [0.29, 0.717) is 13.0 Å². The Morgan fingerprint density at radius 3 is 2.13 bits per heavy atom. The molecule has 1 amide bonds. The second-order valence-corrected chi connectivity index (χ2v) is 5.72. The maximum absolute atomic E-state index is 12.8. The predicted molar refractivity (Wildman–Crippen MR) is 91.1 cm³/mol. The minimum atomic E-state index is -0.248. The molecule has 0 heterocycles. The molecule has 0 spiro atoms. The number of carbonyl (C=O) groups excluding carboxylic acids is 1. The Kier molecular flexibility index (Phi) is 7.04. The first-order valence-electron chi connectivity index (χ1n) is 7.60. The van der Waals surface area contributed by atoms with Crippen LogP contribution in [0, 0.1) is 5.82 Å². The van der Waals surface area contributed by atoms with Crippen molar-refractivity contribution in [3.63, 3.8) is 0 Å². The average molecular weight is 335 g/mol. The summed E-state index contributed by atoms with van der Waals surface area (Å²) in [7, 11) is 0. The molecule has 5 heteroatoms. The molecule has 0 atom stereocenters. The minimum absolute atomic E-state index is 0.0387. The van der Waals surface area contributed by atoms with E-state index in [1.54, 1.807) is 12.1 Å². The van der Waals surface area contributed by atoms with Crippen molar-refractivity contribution in [1.29, 1.82) is 0 Å². The van der Waals surface area contributed by atoms with Crippen LogP contribution in [0.3, 0.4) is 0 Å². The summed E-state index contributed by atoms with van der Waals surface area (Å²) >= 11 is 5.83. The predicted octanol–water partition coefficient (Wildman–Crippen LogP) is 2.97. The molecule has 0 aliphatic heterocycles. The van der Waals surface area contributed by atoms with E-state index in [0.717, 1.165) is 23.6 Å². The van der Waals surface area contributed by atoms with Gasteiger partial charge in [-0.25, -0.2) is 4.39 Å². The third-order valence-electron chi connectivity index (χ3n) is 3.44. The summed E-state index contributed by atoms with van der Waals surface area (Å²) in [4.78, 5) is 11.7. The monoisotopic (exact) mass is 334 g/mol. The molecule has 0 saturated heterocycles. The summed E-state index contributed by atoms with van der Waals surface area (Å²) in [5.41, 5.74) is 2.18. The molecule has 0 aliphatic carbocycles. The topological polar surface area (TPSA) is 41.1 Å². The molecule has 0 radical (unpaired) electrons. The molecule has 2 aromatic carbocycles. The van der Waals surface area contributed by atoms with Crippen molar-refractivity contribution >= 4 is 17.5 Å². The Balaban J connectivity index is 1.56. The molecule has 2 N–H and O–H groups in total. The smallest absolute Gasteiger partial charge is 0.233 e. The van der Waals surface area contributed by atoms with Crippen molar-refractivity contribution in [1.82, 2.24) is 10.6 Å². The standard InChI is InChI=1S/C18H20ClFN2O/c19-16-5-1-14(2-6-16)9-11-21-13-18(23)22-12-10-15-3-7-17(20)8-4-15/h1-8,21H,9-13H2,(H,22,23). The largest absolute Gasteiger partial charge is 0.355 e. The van der Waals surface area contributed by atoms with E-state index in [-0.39, 0.29) is 18.3 Å². The minimum Gasteiger partial charge on any atom is -0.355 e. The van der Waals surface area contributed by atoms with E-state index in [2.05, 4.69) is 10.6 Å². The lowest BCUT2D eigenvalue weighted by Gasteiger charge is -2.07. The van der Waals surface area contributed by atoms with Gasteiger partial charge in [-0.3, -0.25) is 4.79 Å². The van der Waals surface area contributed by atoms with Gasteiger partial charge in [-0.05, 0) is 54.8 Å². The Labute approximate surface area is 140 Å². The fourth-order valence-electron chi connectivity index (χ4n) is 2.15. The molecule has 0 unspecified atom stereocenters. The lowest BCUT2D eigenvalue weighted by molar-refractivity contribution is -0.120. The summed E-state index contributed by atoms with van der Waals surface area (Å²) in [6, 6.07) is 14.0. The number of rotatable bonds is 8. The van der Waals surface area contributed by atoms with Crippen molar-refractivity contribution in [2.45, 2.75) is 12.8 Å². The normalized spacial score (nSPS) is 10.5. The van der Waals surface area contributed by atoms with Gasteiger partial charge >= 0.3 is 0 Å². The Hall–Kier alpha value is -1.91. The van der Waals surface area contributed by atoms with Crippen molar-refractivity contribution < 1.29 is 9.18 Å². The Morgan fingerprint density at radius 1 is 0.913 bits per heavy atom. The van der Waals surface area contributed by atoms with Gasteiger partial charge in [0.2, 0.25) is 5.91 Å². The van der Waals surface area contributed by atoms with Crippen LogP contribution >= 0.6 is 11.6 Å². The molecule has 3 nitrogen and oxygen atoms in total. The van der Waals surface area contributed by atoms with Crippen molar-refractivity contribution in [2.75, 3.05) is 19.6 Å². The fourth-order valence-corrected chi connectivity index (χ4v) is 2.27. The van der Waals surface area contributed by atoms with E-state index in [4.69, 9.17) is 11.6 Å². The highest BCUT2D eigenvalue weighted by molar-refractivity contribution is 6.30. The van der Waals surface area contributed by atoms with Gasteiger partial charge in [-0.2, -0.15) is 0 Å². The Morgan fingerprint density at radius 2 is 1.48 bits per heavy atom. The SMILES string of the molecule is O=C(CNCCc1ccc(Cl)cc1)NCCc1ccc(F)cc1. The number of halogens is 2. The average Bonchev–Trinajstić information content (AvgIpc) is 2.55. The zero-order valence-corrected chi connectivity index (χ0v) is 13.6. The number of benzene rings is 2. The summed E-state index contributed by atoms with van der Waals surface area (Å²) in [5, 5.41) is 6.67. The van der Waals surface area contributed by atoms with Crippen LogP contribution in [0.4, 0.5) is 4.39 Å². The van der Waals surface area contributed by atoms with Gasteiger partial charge in [0, 0.05) is 11.6 Å². The van der Waals surface area contributed by atoms with Crippen LogP contribution in [0.25, 0.3) is 0 Å². The summed E-state index contributed by atoms with van der Waals surface area (Å²) in [6.45, 7) is 1.56. The van der Waals surface area contributed by atoms with Crippen LogP contribution in [0.5, 0.6) is 0 Å². The first kappa shape index (κ1) is 17.4. The number of amides is 1. The zero-order chi connectivity index (χ0) is 16.5. The second kappa shape index (κ2) is 9.28. The van der Waals surface area contributed by atoms with Crippen molar-refractivity contribution in [2.24, 2.45) is 0 Å². The van der Waals surface area contributed by atoms with Gasteiger partial charge in [0.15, 0.2) is 0 Å². The summed E-state index contributed by atoms with van der Waals surface area (Å²) < 4.78 is 12.8. The number of nitrogens with one attached hydrogen (secondary N) is 2. The highest BCUT2D eigenvalue weighted by atomic mass is 35.5. The second-order valence-electron chi connectivity index (χ2n) is 5.28. The van der Waals surface area contributed by atoms with Crippen LogP contribution in [-0.2, 0) is 17.6 Å². The highest BCUT2D eigenvalue weighted by Crippen LogP contribution is 2.09. The van der Waals surface area contributed by atoms with Crippen molar-refractivity contribution in [3.05, 3.63) is 70.5 Å². The lowest BCUT2D eigenvalue weighted by atomic mass is 10.1. The third kappa shape index (κ3) is 6.80. The third-order valence-corrected chi connectivity index (χ3v) is 3.69. The van der Waals surface area contributed by atoms with Gasteiger partial charge in [0.05, 0.1) is 6.54 Å². The molecule has 0 aliphatic rings. The summed E-state index contributed by atoms with van der Waals surface area (Å²) in [5.74, 6) is -0.286. The maximum Gasteiger partial charge on any atom is 0.233 e. The first-order valence-corrected chi connectivity index (χ1v) is 7.97. The number of carbonyl (C=O) groups is 1. The van der Waals surface area contributed by atoms with Crippen LogP contribution in [-0.4, -0.2) is 25.5 Å². The molecule has 23 heavy (non-hydrogen) atoms. The summed E-state index contributed by atoms with van der Waals surface area (Å²) in [6.07, 6.45) is 1.54. The molecule has 0 aromatic heterocycles. The van der Waals surface area contributed by atoms with Gasteiger partial charge in [-0.15, -0.1) is 0 Å². The molecule has 122 valence electrons. The van der Waals surface area contributed by atoms with E-state index < -0.39 is 0 Å². The molecule has 0 saturated carbocycles. The first-order chi connectivity index (χ1) is 11.1. The Bertz CT molecular complexity index is 614. The van der Waals surface area contributed by atoms with E-state index >= 15 is 0 Å². The van der Waals surface area contributed by atoms with Crippen molar-refractivity contribution in [3.8, 4) is 0 Å². The van der Waals surface area contributed by atoms with Crippen LogP contribution in [0.2, 0.25) is 5.02 Å². The van der Waals surface area contributed by atoms with Gasteiger partial charge < -0.3 is 10.6 Å². The maximum atomic E-state index is 12.8. The van der Waals surface area contributed by atoms with E-state index in [1.165, 1.54) is 17.7 Å². The molecular formula is C18H20ClFN2O. The quantitative estimate of drug-likeness (QED) is 0.729. The van der Waals surface area contributed by atoms with Crippen LogP contribution < -0.4 is 10.6 Å². The molecule has 2 rings (SSSR count). The lowest BCUT2D eigenvalue weighted by Crippen LogP contribution is -2.35. The van der Waals surface area contributed by atoms with E-state index in [1.807, 2.05) is 24.3 Å². The number of hydrogen-bond donors (Lipinski definition) is 2.